The highest BCUT2D eigenvalue weighted by atomic mass is 32.2. The molecule has 0 spiro atoms. The van der Waals surface area contributed by atoms with E-state index in [-0.39, 0.29) is 5.82 Å². The maximum Gasteiger partial charge on any atom is 0.147 e. The van der Waals surface area contributed by atoms with Crippen molar-refractivity contribution in [3.8, 4) is 11.1 Å². The minimum absolute atomic E-state index is 0.305. The molecule has 0 aromatic heterocycles. The van der Waals surface area contributed by atoms with Crippen molar-refractivity contribution in [2.45, 2.75) is 11.4 Å². The van der Waals surface area contributed by atoms with Gasteiger partial charge in [-0.25, -0.2) is 8.78 Å². The maximum atomic E-state index is 14.0. The van der Waals surface area contributed by atoms with Gasteiger partial charge in [0, 0.05) is 6.54 Å². The molecule has 0 bridgehead atoms. The number of nitrogens with two attached hydrogens (primary N) is 1. The van der Waals surface area contributed by atoms with Gasteiger partial charge in [0.1, 0.15) is 11.6 Å². The predicted octanol–water partition coefficient (Wildman–Crippen LogP) is 5.21. The van der Waals surface area contributed by atoms with E-state index in [0.717, 1.165) is 28.6 Å². The van der Waals surface area contributed by atoms with E-state index < -0.39 is 5.82 Å². The summed E-state index contributed by atoms with van der Waals surface area (Å²) in [5, 5.41) is 0. The normalized spacial score (nSPS) is 10.6. The van der Waals surface area contributed by atoms with Crippen LogP contribution >= 0.6 is 11.9 Å². The molecule has 3 aromatic rings. The standard InChI is InChI=1S/C19H16F2N2S/c20-16-9-7-15(14-4-2-1-3-5-14)11-18(16)23-24-19-10-13(12-22)6-8-17(19)21/h1-11,23H,12,22H2. The summed E-state index contributed by atoms with van der Waals surface area (Å²) in [5.41, 5.74) is 8.57. The van der Waals surface area contributed by atoms with Crippen LogP contribution < -0.4 is 10.5 Å². The molecule has 24 heavy (non-hydrogen) atoms. The molecule has 0 saturated carbocycles. The molecule has 2 nitrogen and oxygen atoms in total. The summed E-state index contributed by atoms with van der Waals surface area (Å²) in [6.45, 7) is 0.325. The van der Waals surface area contributed by atoms with Crippen molar-refractivity contribution in [3.05, 3.63) is 83.9 Å². The number of benzene rings is 3. The van der Waals surface area contributed by atoms with Gasteiger partial charge in [-0.1, -0.05) is 42.5 Å². The molecule has 0 fully saturated rings. The van der Waals surface area contributed by atoms with Crippen molar-refractivity contribution in [1.82, 2.24) is 0 Å². The van der Waals surface area contributed by atoms with Crippen LogP contribution in [-0.4, -0.2) is 0 Å². The van der Waals surface area contributed by atoms with Crippen LogP contribution in [0.2, 0.25) is 0 Å². The van der Waals surface area contributed by atoms with Gasteiger partial charge >= 0.3 is 0 Å². The Morgan fingerprint density at radius 3 is 2.33 bits per heavy atom. The molecule has 122 valence electrons. The SMILES string of the molecule is NCc1ccc(F)c(SNc2cc(-c3ccccc3)ccc2F)c1. The first-order valence-electron chi connectivity index (χ1n) is 7.43. The first kappa shape index (κ1) is 16.5. The van der Waals surface area contributed by atoms with Crippen molar-refractivity contribution in [2.24, 2.45) is 5.73 Å². The molecule has 0 heterocycles. The van der Waals surface area contributed by atoms with Crippen molar-refractivity contribution >= 4 is 17.6 Å². The average molecular weight is 342 g/mol. The highest BCUT2D eigenvalue weighted by Gasteiger charge is 2.08. The first-order chi connectivity index (χ1) is 11.7. The second kappa shape index (κ2) is 7.47. The molecule has 0 radical (unpaired) electrons. The van der Waals surface area contributed by atoms with E-state index in [4.69, 9.17) is 5.73 Å². The Morgan fingerprint density at radius 1 is 0.833 bits per heavy atom. The highest BCUT2D eigenvalue weighted by Crippen LogP contribution is 2.29. The average Bonchev–Trinajstić information content (AvgIpc) is 2.63. The second-order valence-corrected chi connectivity index (χ2v) is 6.08. The lowest BCUT2D eigenvalue weighted by Crippen LogP contribution is -1.98. The zero-order valence-corrected chi connectivity index (χ0v) is 13.6. The van der Waals surface area contributed by atoms with Crippen LogP contribution in [-0.2, 0) is 6.54 Å². The molecule has 0 unspecified atom stereocenters. The lowest BCUT2D eigenvalue weighted by Gasteiger charge is -2.10. The van der Waals surface area contributed by atoms with Crippen LogP contribution in [0.3, 0.4) is 0 Å². The third-order valence-corrected chi connectivity index (χ3v) is 4.43. The molecular weight excluding hydrogens is 326 g/mol. The van der Waals surface area contributed by atoms with Crippen LogP contribution in [0.1, 0.15) is 5.56 Å². The van der Waals surface area contributed by atoms with E-state index >= 15 is 0 Å². The van der Waals surface area contributed by atoms with E-state index in [9.17, 15) is 8.78 Å². The molecule has 3 N–H and O–H groups in total. The number of hydrogen-bond acceptors (Lipinski definition) is 3. The van der Waals surface area contributed by atoms with Crippen LogP contribution in [0, 0.1) is 11.6 Å². The summed E-state index contributed by atoms with van der Waals surface area (Å²) < 4.78 is 30.8. The molecule has 0 atom stereocenters. The summed E-state index contributed by atoms with van der Waals surface area (Å²) >= 11 is 1.03. The van der Waals surface area contributed by atoms with E-state index in [1.807, 2.05) is 30.3 Å². The number of rotatable bonds is 5. The Kier molecular flexibility index (Phi) is 5.13. The Labute approximate surface area is 143 Å². The maximum absolute atomic E-state index is 14.0. The number of anilines is 1. The first-order valence-corrected chi connectivity index (χ1v) is 8.25. The molecule has 5 heteroatoms. The van der Waals surface area contributed by atoms with Crippen LogP contribution in [0.15, 0.2) is 71.6 Å². The summed E-state index contributed by atoms with van der Waals surface area (Å²) in [7, 11) is 0. The van der Waals surface area contributed by atoms with Crippen LogP contribution in [0.5, 0.6) is 0 Å². The fourth-order valence-electron chi connectivity index (χ4n) is 2.28. The van der Waals surface area contributed by atoms with E-state index in [1.165, 1.54) is 12.1 Å². The van der Waals surface area contributed by atoms with Gasteiger partial charge in [-0.2, -0.15) is 0 Å². The molecule has 3 rings (SSSR count). The van der Waals surface area contributed by atoms with Gasteiger partial charge in [0.05, 0.1) is 10.6 Å². The summed E-state index contributed by atoms with van der Waals surface area (Å²) in [5.74, 6) is -0.762. The smallest absolute Gasteiger partial charge is 0.147 e. The van der Waals surface area contributed by atoms with Gasteiger partial charge in [0.2, 0.25) is 0 Å². The number of nitrogens with one attached hydrogen (secondary N) is 1. The second-order valence-electron chi connectivity index (χ2n) is 5.23. The minimum Gasteiger partial charge on any atom is -0.326 e. The van der Waals surface area contributed by atoms with Gasteiger partial charge in [-0.3, -0.25) is 0 Å². The van der Waals surface area contributed by atoms with Gasteiger partial charge in [-0.05, 0) is 52.9 Å². The minimum atomic E-state index is -0.391. The Hall–Kier alpha value is -2.37. The largest absolute Gasteiger partial charge is 0.326 e. The van der Waals surface area contributed by atoms with Crippen molar-refractivity contribution in [2.75, 3.05) is 4.72 Å². The lowest BCUT2D eigenvalue weighted by molar-refractivity contribution is 0.601. The Bertz CT molecular complexity index is 838. The summed E-state index contributed by atoms with van der Waals surface area (Å²) in [6, 6.07) is 19.2. The fourth-order valence-corrected chi connectivity index (χ4v) is 3.03. The predicted molar refractivity (Wildman–Crippen MR) is 95.6 cm³/mol. The Balaban J connectivity index is 1.83. The summed E-state index contributed by atoms with van der Waals surface area (Å²) in [6.07, 6.45) is 0. The van der Waals surface area contributed by atoms with Gasteiger partial charge in [0.15, 0.2) is 0 Å². The number of halogens is 2. The fraction of sp³-hybridized carbons (Fsp3) is 0.0526. The Morgan fingerprint density at radius 2 is 1.58 bits per heavy atom. The molecular formula is C19H16F2N2S. The monoisotopic (exact) mass is 342 g/mol. The molecule has 0 aliphatic rings. The van der Waals surface area contributed by atoms with E-state index in [1.54, 1.807) is 24.3 Å². The number of hydrogen-bond donors (Lipinski definition) is 2. The van der Waals surface area contributed by atoms with Crippen molar-refractivity contribution < 1.29 is 8.78 Å². The zero-order chi connectivity index (χ0) is 16.9. The third-order valence-electron chi connectivity index (χ3n) is 3.58. The van der Waals surface area contributed by atoms with Crippen molar-refractivity contribution in [3.63, 3.8) is 0 Å². The summed E-state index contributed by atoms with van der Waals surface area (Å²) in [4.78, 5) is 0.377. The zero-order valence-electron chi connectivity index (χ0n) is 12.8. The highest BCUT2D eigenvalue weighted by molar-refractivity contribution is 8.00. The molecule has 0 aliphatic carbocycles. The third kappa shape index (κ3) is 3.75. The van der Waals surface area contributed by atoms with E-state index in [2.05, 4.69) is 4.72 Å². The molecule has 0 saturated heterocycles. The van der Waals surface area contributed by atoms with Gasteiger partial charge in [-0.15, -0.1) is 0 Å². The van der Waals surface area contributed by atoms with Crippen LogP contribution in [0.4, 0.5) is 14.5 Å². The van der Waals surface area contributed by atoms with Crippen LogP contribution in [0.25, 0.3) is 11.1 Å². The van der Waals surface area contributed by atoms with E-state index in [0.29, 0.717) is 17.1 Å². The quantitative estimate of drug-likeness (QED) is 0.625. The van der Waals surface area contributed by atoms with Gasteiger partial charge < -0.3 is 10.5 Å². The topological polar surface area (TPSA) is 38.0 Å². The lowest BCUT2D eigenvalue weighted by atomic mass is 10.1. The molecule has 0 aliphatic heterocycles. The molecule has 0 amide bonds. The van der Waals surface area contributed by atoms with Gasteiger partial charge in [0.25, 0.3) is 0 Å². The van der Waals surface area contributed by atoms with Crippen molar-refractivity contribution in [1.29, 1.82) is 0 Å². The molecule has 3 aromatic carbocycles.